The van der Waals surface area contributed by atoms with E-state index in [2.05, 4.69) is 150 Å². The van der Waals surface area contributed by atoms with E-state index in [-0.39, 0.29) is 0 Å². The lowest BCUT2D eigenvalue weighted by Crippen LogP contribution is -2.48. The van der Waals surface area contributed by atoms with Gasteiger partial charge in [-0.15, -0.1) is 0 Å². The Morgan fingerprint density at radius 2 is 0.733 bits per heavy atom. The Morgan fingerprint density at radius 3 is 1.03 bits per heavy atom. The summed E-state index contributed by atoms with van der Waals surface area (Å²) in [6.07, 6.45) is 19.5. The third-order valence-electron chi connectivity index (χ3n) is 13.5. The molecule has 0 aliphatic heterocycles. The molecule has 0 saturated heterocycles. The molecule has 0 fully saturated rings. The Bertz CT molecular complexity index is 1960. The molecule has 2 heterocycles. The molecular weight excluding hydrogens is 801 g/mol. The molecule has 4 aromatic carbocycles. The molecule has 0 radical (unpaired) electrons. The molecule has 0 aliphatic rings. The summed E-state index contributed by atoms with van der Waals surface area (Å²) in [6, 6.07) is 46.8. The number of unbranched alkanes of at least 4 members (excludes halogenated alkanes) is 6. The number of nitrogens with zero attached hydrogens (tertiary/aromatic N) is 1. The van der Waals surface area contributed by atoms with Crippen molar-refractivity contribution in [2.45, 2.75) is 155 Å². The van der Waals surface area contributed by atoms with Gasteiger partial charge in [-0.3, -0.25) is 0 Å². The van der Waals surface area contributed by atoms with Gasteiger partial charge in [-0.1, -0.05) is 238 Å². The van der Waals surface area contributed by atoms with Crippen molar-refractivity contribution in [3.8, 4) is 0 Å². The van der Waals surface area contributed by atoms with Crippen molar-refractivity contribution in [2.75, 3.05) is 7.05 Å². The monoisotopic (exact) mass is 875 g/mol. The van der Waals surface area contributed by atoms with Gasteiger partial charge in [0.05, 0.1) is 28.7 Å². The summed E-state index contributed by atoms with van der Waals surface area (Å²) in [5.41, 5.74) is 2.02. The third kappa shape index (κ3) is 10.7. The molecule has 2 atom stereocenters. The van der Waals surface area contributed by atoms with Crippen molar-refractivity contribution >= 4 is 85.8 Å². The van der Waals surface area contributed by atoms with Gasteiger partial charge >= 0.3 is 0 Å². The molecule has 2 unspecified atom stereocenters. The number of para-hydroxylation sites is 2. The van der Waals surface area contributed by atoms with Gasteiger partial charge in [0.15, 0.2) is 0 Å². The van der Waals surface area contributed by atoms with Gasteiger partial charge in [0.25, 0.3) is 0 Å². The molecule has 6 rings (SSSR count). The van der Waals surface area contributed by atoms with Crippen LogP contribution in [0.4, 0.5) is 0 Å². The van der Waals surface area contributed by atoms with Crippen molar-refractivity contribution in [3.05, 3.63) is 110 Å². The molecule has 0 N–H and O–H groups in total. The second-order valence-electron chi connectivity index (χ2n) is 17.6. The van der Waals surface area contributed by atoms with E-state index in [0.29, 0.717) is 0 Å². The first-order valence-electron chi connectivity index (χ1n) is 23.9. The molecular formula is C53H75NO2P2Si2. The summed E-state index contributed by atoms with van der Waals surface area (Å²) in [5, 5.41) is 11.1. The minimum absolute atomic E-state index is 0.998. The van der Waals surface area contributed by atoms with Gasteiger partial charge in [0.1, 0.15) is 11.2 Å². The SMILES string of the molecule is CCCC[Si](CCCC)(CCCC)c1ccc(P(c2cccc3ccoc23)N(C)P(c2ccc([Si](CCCC)(CCCC)CCCC)cc2)c2cccc3ccoc23)cc1. The van der Waals surface area contributed by atoms with Crippen LogP contribution in [-0.4, -0.2) is 27.6 Å². The van der Waals surface area contributed by atoms with Crippen LogP contribution in [0.1, 0.15) is 119 Å². The van der Waals surface area contributed by atoms with Crippen LogP contribution in [-0.2, 0) is 0 Å². The molecule has 7 heteroatoms. The lowest BCUT2D eigenvalue weighted by atomic mass is 10.3. The Morgan fingerprint density at radius 1 is 0.417 bits per heavy atom. The van der Waals surface area contributed by atoms with E-state index in [1.165, 1.54) is 145 Å². The Balaban J connectivity index is 1.51. The van der Waals surface area contributed by atoms with Gasteiger partial charge < -0.3 is 8.83 Å². The first-order valence-corrected chi connectivity index (χ1v) is 31.7. The van der Waals surface area contributed by atoms with Crippen LogP contribution in [0.25, 0.3) is 21.9 Å². The molecule has 0 saturated carbocycles. The minimum atomic E-state index is -1.66. The number of benzene rings is 4. The summed E-state index contributed by atoms with van der Waals surface area (Å²) in [6.45, 7) is 14.2. The van der Waals surface area contributed by atoms with E-state index in [9.17, 15) is 0 Å². The number of hydrogen-bond donors (Lipinski definition) is 0. The maximum atomic E-state index is 6.40. The van der Waals surface area contributed by atoms with E-state index in [1.807, 2.05) is 12.5 Å². The van der Waals surface area contributed by atoms with Crippen LogP contribution < -0.4 is 31.6 Å². The molecule has 0 spiro atoms. The molecule has 322 valence electrons. The predicted octanol–water partition coefficient (Wildman–Crippen LogP) is 14.6. The van der Waals surface area contributed by atoms with Gasteiger partial charge in [-0.2, -0.15) is 0 Å². The van der Waals surface area contributed by atoms with Crippen LogP contribution >= 0.6 is 16.1 Å². The average molecular weight is 876 g/mol. The molecule has 2 aromatic heterocycles. The molecule has 0 aliphatic carbocycles. The summed E-state index contributed by atoms with van der Waals surface area (Å²) in [4.78, 5) is 0. The molecule has 3 nitrogen and oxygen atoms in total. The molecule has 6 aromatic rings. The smallest absolute Gasteiger partial charge is 0.143 e. The predicted molar refractivity (Wildman–Crippen MR) is 275 cm³/mol. The topological polar surface area (TPSA) is 29.5 Å². The fourth-order valence-corrected chi connectivity index (χ4v) is 26.9. The lowest BCUT2D eigenvalue weighted by Gasteiger charge is -2.37. The van der Waals surface area contributed by atoms with Gasteiger partial charge in [-0.05, 0) is 41.9 Å². The highest BCUT2D eigenvalue weighted by atomic mass is 31.2. The van der Waals surface area contributed by atoms with Gasteiger partial charge in [0.2, 0.25) is 0 Å². The van der Waals surface area contributed by atoms with Gasteiger partial charge in [-0.25, -0.2) is 4.44 Å². The second-order valence-corrected chi connectivity index (χ2v) is 31.7. The van der Waals surface area contributed by atoms with Crippen LogP contribution in [0.5, 0.6) is 0 Å². The fraction of sp³-hybridized carbons (Fsp3) is 0.472. The van der Waals surface area contributed by atoms with E-state index >= 15 is 0 Å². The third-order valence-corrected chi connectivity index (χ3v) is 29.9. The molecule has 0 amide bonds. The first kappa shape index (κ1) is 46.7. The number of hydrogen-bond acceptors (Lipinski definition) is 3. The van der Waals surface area contributed by atoms with Crippen LogP contribution in [0.15, 0.2) is 118 Å². The number of rotatable bonds is 26. The van der Waals surface area contributed by atoms with Crippen LogP contribution in [0, 0.1) is 0 Å². The maximum Gasteiger partial charge on any atom is 0.143 e. The van der Waals surface area contributed by atoms with Crippen molar-refractivity contribution in [1.82, 2.24) is 4.44 Å². The highest BCUT2D eigenvalue weighted by Gasteiger charge is 2.37. The van der Waals surface area contributed by atoms with Crippen molar-refractivity contribution < 1.29 is 8.83 Å². The lowest BCUT2D eigenvalue weighted by molar-refractivity contribution is 0.618. The fourth-order valence-electron chi connectivity index (χ4n) is 9.92. The highest BCUT2D eigenvalue weighted by Crippen LogP contribution is 2.54. The Hall–Kier alpha value is -2.79. The Kier molecular flexibility index (Phi) is 17.9. The first-order chi connectivity index (χ1) is 29.4. The second kappa shape index (κ2) is 23.1. The normalized spacial score (nSPS) is 13.5. The van der Waals surface area contributed by atoms with Crippen molar-refractivity contribution in [2.24, 2.45) is 0 Å². The van der Waals surface area contributed by atoms with Crippen molar-refractivity contribution in [1.29, 1.82) is 0 Å². The van der Waals surface area contributed by atoms with E-state index < -0.39 is 32.3 Å². The standard InChI is InChI=1S/C53H75NO2P2Si2/c1-8-14-38-59(39-15-9-2,40-16-10-3)48-30-26-46(27-31-48)57(50-24-20-22-44-34-36-55-52(44)50)54(7)58(51-25-21-23-45-35-37-56-53(45)51)47-28-32-49(33-29-47)60(41-17-11-4,42-18-12-5)43-19-13-6/h20-37H,8-19,38-43H2,1-7H3. The average Bonchev–Trinajstić information content (AvgIpc) is 3.98. The van der Waals surface area contributed by atoms with E-state index in [0.717, 1.165) is 11.2 Å². The summed E-state index contributed by atoms with van der Waals surface area (Å²) >= 11 is 0. The van der Waals surface area contributed by atoms with Crippen LogP contribution in [0.3, 0.4) is 0 Å². The number of furan rings is 2. The zero-order valence-corrected chi connectivity index (χ0v) is 42.1. The van der Waals surface area contributed by atoms with E-state index in [4.69, 9.17) is 8.83 Å². The largest absolute Gasteiger partial charge is 0.464 e. The minimum Gasteiger partial charge on any atom is -0.464 e. The quantitative estimate of drug-likeness (QED) is 0.0402. The maximum absolute atomic E-state index is 6.40. The summed E-state index contributed by atoms with van der Waals surface area (Å²) in [7, 11) is -2.92. The Labute approximate surface area is 368 Å². The zero-order valence-electron chi connectivity index (χ0n) is 38.3. The summed E-state index contributed by atoms with van der Waals surface area (Å²) < 4.78 is 15.5. The zero-order chi connectivity index (χ0) is 42.4. The molecule has 60 heavy (non-hydrogen) atoms. The molecule has 0 bridgehead atoms. The van der Waals surface area contributed by atoms with Crippen LogP contribution in [0.2, 0.25) is 36.3 Å². The number of fused-ring (bicyclic) bond motifs is 2. The van der Waals surface area contributed by atoms with Crippen molar-refractivity contribution in [3.63, 3.8) is 0 Å². The van der Waals surface area contributed by atoms with Gasteiger partial charge in [0, 0.05) is 37.5 Å². The highest BCUT2D eigenvalue weighted by molar-refractivity contribution is 7.85. The van der Waals surface area contributed by atoms with E-state index in [1.54, 1.807) is 10.4 Å². The summed E-state index contributed by atoms with van der Waals surface area (Å²) in [5.74, 6) is 0.